The van der Waals surface area contributed by atoms with Gasteiger partial charge in [-0.2, -0.15) is 0 Å². The van der Waals surface area contributed by atoms with Crippen LogP contribution in [0.2, 0.25) is 0 Å². The minimum Gasteiger partial charge on any atom is -0.357 e. The third-order valence-corrected chi connectivity index (χ3v) is 2.36. The van der Waals surface area contributed by atoms with Gasteiger partial charge in [-0.1, -0.05) is 19.1 Å². The minimum absolute atomic E-state index is 0.0808. The molecule has 0 radical (unpaired) electrons. The lowest BCUT2D eigenvalue weighted by Gasteiger charge is -2.04. The second-order valence-electron chi connectivity index (χ2n) is 3.48. The van der Waals surface area contributed by atoms with Crippen molar-refractivity contribution in [2.45, 2.75) is 13.5 Å². The molecule has 2 aromatic rings. The molecule has 0 spiro atoms. The van der Waals surface area contributed by atoms with Crippen LogP contribution < -0.4 is 10.7 Å². The Kier molecular flexibility index (Phi) is 2.83. The molecule has 0 saturated heterocycles. The first-order valence-corrected chi connectivity index (χ1v) is 5.13. The predicted molar refractivity (Wildman–Crippen MR) is 61.9 cm³/mol. The molecule has 0 unspecified atom stereocenters. The molecule has 3 heteroatoms. The summed E-state index contributed by atoms with van der Waals surface area (Å²) in [5.74, 6) is 0. The summed E-state index contributed by atoms with van der Waals surface area (Å²) in [6.45, 7) is 3.64. The Morgan fingerprint density at radius 3 is 2.93 bits per heavy atom. The molecule has 0 bridgehead atoms. The van der Waals surface area contributed by atoms with Crippen molar-refractivity contribution in [3.63, 3.8) is 0 Å². The SMILES string of the molecule is CCNCc1cc(=O)c2ccccc2[nH]1. The van der Waals surface area contributed by atoms with Crippen LogP contribution in [-0.2, 0) is 6.54 Å². The fraction of sp³-hybridized carbons (Fsp3) is 0.250. The van der Waals surface area contributed by atoms with Crippen LogP contribution in [0.1, 0.15) is 12.6 Å². The van der Waals surface area contributed by atoms with Gasteiger partial charge < -0.3 is 10.3 Å². The Bertz CT molecular complexity index is 516. The molecule has 0 fully saturated rings. The Hall–Kier alpha value is -1.61. The van der Waals surface area contributed by atoms with E-state index in [2.05, 4.69) is 10.3 Å². The topological polar surface area (TPSA) is 44.9 Å². The van der Waals surface area contributed by atoms with Crippen molar-refractivity contribution in [1.82, 2.24) is 10.3 Å². The highest BCUT2D eigenvalue weighted by atomic mass is 16.1. The maximum atomic E-state index is 11.7. The zero-order chi connectivity index (χ0) is 10.7. The number of fused-ring (bicyclic) bond motifs is 1. The standard InChI is InChI=1S/C12H14N2O/c1-2-13-8-9-7-12(15)10-5-3-4-6-11(10)14-9/h3-7,13H,2,8H2,1H3,(H,14,15). The molecular weight excluding hydrogens is 188 g/mol. The first kappa shape index (κ1) is 9.93. The van der Waals surface area contributed by atoms with Crippen LogP contribution in [0.3, 0.4) is 0 Å². The number of H-pyrrole nitrogens is 1. The van der Waals surface area contributed by atoms with Crippen molar-refractivity contribution < 1.29 is 0 Å². The van der Waals surface area contributed by atoms with Crippen molar-refractivity contribution in [3.8, 4) is 0 Å². The van der Waals surface area contributed by atoms with Crippen molar-refractivity contribution in [2.75, 3.05) is 6.54 Å². The van der Waals surface area contributed by atoms with Crippen molar-refractivity contribution in [1.29, 1.82) is 0 Å². The quantitative estimate of drug-likeness (QED) is 0.794. The maximum absolute atomic E-state index is 11.7. The molecule has 0 aliphatic carbocycles. The lowest BCUT2D eigenvalue weighted by atomic mass is 10.2. The molecule has 15 heavy (non-hydrogen) atoms. The van der Waals surface area contributed by atoms with Crippen molar-refractivity contribution in [3.05, 3.63) is 46.2 Å². The molecule has 0 saturated carbocycles. The van der Waals surface area contributed by atoms with Crippen molar-refractivity contribution in [2.24, 2.45) is 0 Å². The lowest BCUT2D eigenvalue weighted by molar-refractivity contribution is 0.712. The number of pyridine rings is 1. The second kappa shape index (κ2) is 4.28. The number of hydrogen-bond donors (Lipinski definition) is 2. The molecule has 3 nitrogen and oxygen atoms in total. The number of nitrogens with one attached hydrogen (secondary N) is 2. The van der Waals surface area contributed by atoms with Crippen molar-refractivity contribution >= 4 is 10.9 Å². The van der Waals surface area contributed by atoms with E-state index in [0.717, 1.165) is 23.1 Å². The molecule has 0 amide bonds. The summed E-state index contributed by atoms with van der Waals surface area (Å²) in [5, 5.41) is 3.93. The molecule has 1 aromatic carbocycles. The van der Waals surface area contributed by atoms with Crippen LogP contribution in [0, 0.1) is 0 Å². The lowest BCUT2D eigenvalue weighted by Crippen LogP contribution is -2.15. The predicted octanol–water partition coefficient (Wildman–Crippen LogP) is 1.64. The number of para-hydroxylation sites is 1. The normalized spacial score (nSPS) is 10.7. The van der Waals surface area contributed by atoms with Gasteiger partial charge in [0.25, 0.3) is 0 Å². The fourth-order valence-electron chi connectivity index (χ4n) is 1.61. The van der Waals surface area contributed by atoms with E-state index in [1.165, 1.54) is 0 Å². The summed E-state index contributed by atoms with van der Waals surface area (Å²) in [4.78, 5) is 15.0. The zero-order valence-corrected chi connectivity index (χ0v) is 8.71. The third kappa shape index (κ3) is 2.07. The number of rotatable bonds is 3. The Morgan fingerprint density at radius 2 is 2.13 bits per heavy atom. The van der Waals surface area contributed by atoms with E-state index in [9.17, 15) is 4.79 Å². The number of aromatic amines is 1. The van der Waals surface area contributed by atoms with Gasteiger partial charge in [0, 0.05) is 29.2 Å². The monoisotopic (exact) mass is 202 g/mol. The largest absolute Gasteiger partial charge is 0.357 e. The Morgan fingerprint density at radius 1 is 1.33 bits per heavy atom. The molecule has 1 aromatic heterocycles. The smallest absolute Gasteiger partial charge is 0.189 e. The van der Waals surface area contributed by atoms with Gasteiger partial charge >= 0.3 is 0 Å². The number of benzene rings is 1. The molecular formula is C12H14N2O. The zero-order valence-electron chi connectivity index (χ0n) is 8.71. The molecule has 2 N–H and O–H groups in total. The van der Waals surface area contributed by atoms with Gasteiger partial charge in [-0.25, -0.2) is 0 Å². The van der Waals surface area contributed by atoms with Crippen LogP contribution in [0.5, 0.6) is 0 Å². The van der Waals surface area contributed by atoms with Gasteiger partial charge in [-0.15, -0.1) is 0 Å². The van der Waals surface area contributed by atoms with Gasteiger partial charge in [0.15, 0.2) is 5.43 Å². The summed E-state index contributed by atoms with van der Waals surface area (Å²) in [6.07, 6.45) is 0. The van der Waals surface area contributed by atoms with Gasteiger partial charge in [-0.3, -0.25) is 4.79 Å². The van der Waals surface area contributed by atoms with E-state index >= 15 is 0 Å². The molecule has 0 aliphatic rings. The number of hydrogen-bond acceptors (Lipinski definition) is 2. The Labute approximate surface area is 88.1 Å². The van der Waals surface area contributed by atoms with E-state index in [-0.39, 0.29) is 5.43 Å². The highest BCUT2D eigenvalue weighted by Gasteiger charge is 2.00. The maximum Gasteiger partial charge on any atom is 0.189 e. The van der Waals surface area contributed by atoms with E-state index in [1.54, 1.807) is 6.07 Å². The summed E-state index contributed by atoms with van der Waals surface area (Å²) < 4.78 is 0. The van der Waals surface area contributed by atoms with Crippen LogP contribution >= 0.6 is 0 Å². The highest BCUT2D eigenvalue weighted by molar-refractivity contribution is 5.78. The van der Waals surface area contributed by atoms with Crippen LogP contribution in [0.25, 0.3) is 10.9 Å². The summed E-state index contributed by atoms with van der Waals surface area (Å²) >= 11 is 0. The fourth-order valence-corrected chi connectivity index (χ4v) is 1.61. The summed E-state index contributed by atoms with van der Waals surface area (Å²) in [5.41, 5.74) is 1.91. The van der Waals surface area contributed by atoms with Gasteiger partial charge in [0.05, 0.1) is 0 Å². The van der Waals surface area contributed by atoms with E-state index in [0.29, 0.717) is 6.54 Å². The molecule has 0 aliphatic heterocycles. The van der Waals surface area contributed by atoms with E-state index in [4.69, 9.17) is 0 Å². The third-order valence-electron chi connectivity index (χ3n) is 2.36. The van der Waals surface area contributed by atoms with E-state index in [1.807, 2.05) is 31.2 Å². The van der Waals surface area contributed by atoms with Gasteiger partial charge in [-0.05, 0) is 18.7 Å². The molecule has 78 valence electrons. The average molecular weight is 202 g/mol. The van der Waals surface area contributed by atoms with E-state index < -0.39 is 0 Å². The van der Waals surface area contributed by atoms with Gasteiger partial charge in [0.1, 0.15) is 0 Å². The molecule has 1 heterocycles. The van der Waals surface area contributed by atoms with Crippen LogP contribution in [-0.4, -0.2) is 11.5 Å². The van der Waals surface area contributed by atoms with Crippen LogP contribution in [0.15, 0.2) is 35.1 Å². The summed E-state index contributed by atoms with van der Waals surface area (Å²) in [7, 11) is 0. The number of aromatic nitrogens is 1. The summed E-state index contributed by atoms with van der Waals surface area (Å²) in [6, 6.07) is 9.22. The Balaban J connectivity index is 2.48. The second-order valence-corrected chi connectivity index (χ2v) is 3.48. The first-order valence-electron chi connectivity index (χ1n) is 5.13. The average Bonchev–Trinajstić information content (AvgIpc) is 2.26. The minimum atomic E-state index is 0.0808. The highest BCUT2D eigenvalue weighted by Crippen LogP contribution is 2.06. The molecule has 2 rings (SSSR count). The molecule has 0 atom stereocenters. The van der Waals surface area contributed by atoms with Crippen LogP contribution in [0.4, 0.5) is 0 Å². The first-order chi connectivity index (χ1) is 7.31. The van der Waals surface area contributed by atoms with Gasteiger partial charge in [0.2, 0.25) is 0 Å².